The van der Waals surface area contributed by atoms with Crippen molar-refractivity contribution < 1.29 is 4.92 Å². The molecule has 0 radical (unpaired) electrons. The van der Waals surface area contributed by atoms with Crippen LogP contribution < -0.4 is 5.32 Å². The van der Waals surface area contributed by atoms with Crippen molar-refractivity contribution in [2.75, 3.05) is 5.32 Å². The van der Waals surface area contributed by atoms with Crippen LogP contribution in [-0.4, -0.2) is 9.91 Å². The Labute approximate surface area is 122 Å². The van der Waals surface area contributed by atoms with E-state index in [0.717, 1.165) is 5.56 Å². The zero-order valence-electron chi connectivity index (χ0n) is 9.64. The summed E-state index contributed by atoms with van der Waals surface area (Å²) < 4.78 is 0.536. The summed E-state index contributed by atoms with van der Waals surface area (Å²) in [5.74, 6) is 0. The van der Waals surface area contributed by atoms with Gasteiger partial charge in [0.2, 0.25) is 0 Å². The molecule has 0 saturated heterocycles. The van der Waals surface area contributed by atoms with Gasteiger partial charge in [0.15, 0.2) is 0 Å². The molecule has 5 nitrogen and oxygen atoms in total. The van der Waals surface area contributed by atoms with Crippen molar-refractivity contribution in [3.63, 3.8) is 0 Å². The fraction of sp³-hybridized carbons (Fsp3) is 0.0833. The number of hydrogen-bond acceptors (Lipinski definition) is 4. The normalized spacial score (nSPS) is 10.2. The molecule has 0 unspecified atom stereocenters. The molecule has 1 aromatic heterocycles. The van der Waals surface area contributed by atoms with Crippen molar-refractivity contribution >= 4 is 38.9 Å². The molecule has 0 saturated carbocycles. The van der Waals surface area contributed by atoms with Gasteiger partial charge in [-0.15, -0.1) is 0 Å². The summed E-state index contributed by atoms with van der Waals surface area (Å²) in [6.07, 6.45) is 2.71. The second kappa shape index (κ2) is 5.99. The number of rotatable bonds is 4. The van der Waals surface area contributed by atoms with E-state index in [-0.39, 0.29) is 5.69 Å². The molecule has 0 fully saturated rings. The maximum atomic E-state index is 10.9. The monoisotopic (exact) mass is 341 g/mol. The van der Waals surface area contributed by atoms with Gasteiger partial charge in [-0.1, -0.05) is 29.8 Å². The van der Waals surface area contributed by atoms with E-state index in [1.807, 2.05) is 18.2 Å². The largest absolute Gasteiger partial charge is 0.374 e. The lowest BCUT2D eigenvalue weighted by Gasteiger charge is -2.09. The van der Waals surface area contributed by atoms with Gasteiger partial charge in [-0.2, -0.15) is 0 Å². The molecule has 19 heavy (non-hydrogen) atoms. The van der Waals surface area contributed by atoms with Crippen LogP contribution in [0.2, 0.25) is 5.02 Å². The molecule has 7 heteroatoms. The first-order valence-electron chi connectivity index (χ1n) is 5.34. The van der Waals surface area contributed by atoms with Gasteiger partial charge in [-0.3, -0.25) is 15.1 Å². The molecular weight excluding hydrogens is 334 g/mol. The predicted octanol–water partition coefficient (Wildman–Crippen LogP) is 4.02. The summed E-state index contributed by atoms with van der Waals surface area (Å²) in [5.41, 5.74) is 1.17. The van der Waals surface area contributed by atoms with E-state index in [1.165, 1.54) is 12.4 Å². The van der Waals surface area contributed by atoms with Crippen molar-refractivity contribution in [1.82, 2.24) is 4.98 Å². The van der Waals surface area contributed by atoms with Crippen LogP contribution in [0.1, 0.15) is 5.56 Å². The molecule has 0 spiro atoms. The Bertz CT molecular complexity index is 622. The maximum Gasteiger partial charge on any atom is 0.311 e. The quantitative estimate of drug-likeness (QED) is 0.673. The third kappa shape index (κ3) is 3.21. The van der Waals surface area contributed by atoms with Crippen LogP contribution in [0, 0.1) is 10.1 Å². The molecule has 0 aliphatic heterocycles. The molecule has 0 aliphatic rings. The van der Waals surface area contributed by atoms with Crippen molar-refractivity contribution in [2.45, 2.75) is 6.54 Å². The van der Waals surface area contributed by atoms with E-state index < -0.39 is 4.92 Å². The number of pyridine rings is 1. The molecule has 2 aromatic rings. The summed E-state index contributed by atoms with van der Waals surface area (Å²) in [4.78, 5) is 14.2. The van der Waals surface area contributed by atoms with Gasteiger partial charge in [0, 0.05) is 17.8 Å². The van der Waals surface area contributed by atoms with Crippen molar-refractivity contribution in [3.05, 3.63) is 61.8 Å². The van der Waals surface area contributed by atoms with Crippen LogP contribution in [-0.2, 0) is 6.54 Å². The van der Waals surface area contributed by atoms with Crippen LogP contribution in [0.15, 0.2) is 41.1 Å². The number of hydrogen-bond donors (Lipinski definition) is 1. The van der Waals surface area contributed by atoms with Crippen LogP contribution in [0.5, 0.6) is 0 Å². The van der Waals surface area contributed by atoms with Crippen LogP contribution in [0.3, 0.4) is 0 Å². The molecule has 1 heterocycles. The fourth-order valence-corrected chi connectivity index (χ4v) is 2.23. The molecule has 1 aromatic carbocycles. The lowest BCUT2D eigenvalue weighted by Crippen LogP contribution is -2.04. The minimum Gasteiger partial charge on any atom is -0.374 e. The molecule has 0 amide bonds. The number of nitrogens with one attached hydrogen (secondary N) is 1. The van der Waals surface area contributed by atoms with Gasteiger partial charge in [-0.25, -0.2) is 0 Å². The second-order valence-electron chi connectivity index (χ2n) is 3.72. The number of nitro groups is 1. The highest BCUT2D eigenvalue weighted by Crippen LogP contribution is 2.31. The summed E-state index contributed by atoms with van der Waals surface area (Å²) in [5, 5.41) is 14.6. The molecule has 0 atom stereocenters. The minimum absolute atomic E-state index is 0.0820. The maximum absolute atomic E-state index is 10.9. The first-order chi connectivity index (χ1) is 9.09. The van der Waals surface area contributed by atoms with Crippen molar-refractivity contribution in [2.24, 2.45) is 0 Å². The predicted molar refractivity (Wildman–Crippen MR) is 77.4 cm³/mol. The van der Waals surface area contributed by atoms with Gasteiger partial charge >= 0.3 is 5.69 Å². The van der Waals surface area contributed by atoms with E-state index >= 15 is 0 Å². The zero-order chi connectivity index (χ0) is 13.8. The second-order valence-corrected chi connectivity index (χ2v) is 4.98. The van der Waals surface area contributed by atoms with E-state index in [0.29, 0.717) is 21.7 Å². The number of nitrogens with zero attached hydrogens (tertiary/aromatic N) is 2. The Kier molecular flexibility index (Phi) is 4.34. The molecular formula is C12H9BrClN3O2. The van der Waals surface area contributed by atoms with Crippen LogP contribution in [0.25, 0.3) is 0 Å². The van der Waals surface area contributed by atoms with Gasteiger partial charge in [-0.05, 0) is 27.6 Å². The zero-order valence-corrected chi connectivity index (χ0v) is 12.0. The Balaban J connectivity index is 2.25. The Morgan fingerprint density at radius 1 is 1.37 bits per heavy atom. The van der Waals surface area contributed by atoms with Crippen molar-refractivity contribution in [1.29, 1.82) is 0 Å². The molecule has 0 aliphatic carbocycles. The van der Waals surface area contributed by atoms with Crippen LogP contribution >= 0.6 is 27.5 Å². The van der Waals surface area contributed by atoms with E-state index in [1.54, 1.807) is 6.07 Å². The average Bonchev–Trinajstić information content (AvgIpc) is 2.38. The average molecular weight is 343 g/mol. The molecule has 2 rings (SSSR count). The number of halogens is 2. The summed E-state index contributed by atoms with van der Waals surface area (Å²) in [7, 11) is 0. The van der Waals surface area contributed by atoms with E-state index in [9.17, 15) is 10.1 Å². The Hall–Kier alpha value is -1.66. The highest BCUT2D eigenvalue weighted by Gasteiger charge is 2.17. The topological polar surface area (TPSA) is 68.1 Å². The lowest BCUT2D eigenvalue weighted by molar-refractivity contribution is -0.384. The highest BCUT2D eigenvalue weighted by atomic mass is 79.9. The lowest BCUT2D eigenvalue weighted by atomic mass is 10.2. The van der Waals surface area contributed by atoms with Gasteiger partial charge < -0.3 is 5.32 Å². The highest BCUT2D eigenvalue weighted by molar-refractivity contribution is 9.10. The Morgan fingerprint density at radius 2 is 2.11 bits per heavy atom. The Morgan fingerprint density at radius 3 is 2.79 bits per heavy atom. The third-order valence-corrected chi connectivity index (χ3v) is 3.46. The number of benzene rings is 1. The first-order valence-corrected chi connectivity index (χ1v) is 6.52. The van der Waals surface area contributed by atoms with Crippen LogP contribution in [0.4, 0.5) is 11.4 Å². The third-order valence-electron chi connectivity index (χ3n) is 2.49. The molecule has 0 bridgehead atoms. The summed E-state index contributed by atoms with van der Waals surface area (Å²) in [6, 6.07) is 7.32. The minimum atomic E-state index is -0.479. The SMILES string of the molecule is O=[N+]([O-])c1cncc(Br)c1NCc1ccccc1Cl. The standard InChI is InChI=1S/C12H9BrClN3O2/c13-9-6-15-7-11(17(18)19)12(9)16-5-8-3-1-2-4-10(8)14/h1-4,6-7H,5H2,(H,15,16). The summed E-state index contributed by atoms with van der Waals surface area (Å²) >= 11 is 9.28. The van der Waals surface area contributed by atoms with E-state index in [4.69, 9.17) is 11.6 Å². The number of anilines is 1. The smallest absolute Gasteiger partial charge is 0.311 e. The summed E-state index contributed by atoms with van der Waals surface area (Å²) in [6.45, 7) is 0.392. The van der Waals surface area contributed by atoms with Gasteiger partial charge in [0.05, 0.1) is 9.40 Å². The van der Waals surface area contributed by atoms with Gasteiger partial charge in [0.1, 0.15) is 11.9 Å². The van der Waals surface area contributed by atoms with Gasteiger partial charge in [0.25, 0.3) is 0 Å². The molecule has 98 valence electrons. The van der Waals surface area contributed by atoms with Crippen molar-refractivity contribution in [3.8, 4) is 0 Å². The molecule has 1 N–H and O–H groups in total. The first kappa shape index (κ1) is 13.8. The fourth-order valence-electron chi connectivity index (χ4n) is 1.56. The number of aromatic nitrogens is 1. The van der Waals surface area contributed by atoms with E-state index in [2.05, 4.69) is 26.2 Å².